The summed E-state index contributed by atoms with van der Waals surface area (Å²) in [6.07, 6.45) is 1.11. The highest BCUT2D eigenvalue weighted by Gasteiger charge is 2.27. The summed E-state index contributed by atoms with van der Waals surface area (Å²) in [4.78, 5) is 40.9. The number of hydrogen-bond acceptors (Lipinski definition) is 4. The van der Waals surface area contributed by atoms with Crippen molar-refractivity contribution in [2.75, 3.05) is 6.54 Å². The Kier molecular flexibility index (Phi) is 6.42. The molecule has 0 aliphatic carbocycles. The molecule has 0 aliphatic heterocycles. The van der Waals surface area contributed by atoms with E-state index in [1.54, 1.807) is 0 Å². The second kappa shape index (κ2) is 8.35. The second-order valence-corrected chi connectivity index (χ2v) is 6.39. The Balaban J connectivity index is 2.49. The second-order valence-electron chi connectivity index (χ2n) is 5.13. The minimum Gasteiger partial charge on any atom is -0.427 e. The van der Waals surface area contributed by atoms with Crippen molar-refractivity contribution in [1.82, 2.24) is 9.63 Å². The Morgan fingerprint density at radius 2 is 1.73 bits per heavy atom. The van der Waals surface area contributed by atoms with Crippen molar-refractivity contribution in [2.45, 2.75) is 6.92 Å². The summed E-state index contributed by atoms with van der Waals surface area (Å²) in [5.41, 5.74) is -0.320. The van der Waals surface area contributed by atoms with Gasteiger partial charge in [-0.15, -0.1) is 0 Å². The van der Waals surface area contributed by atoms with Crippen molar-refractivity contribution in [3.05, 3.63) is 62.6 Å². The maximum absolute atomic E-state index is 12.7. The van der Waals surface area contributed by atoms with Gasteiger partial charge in [0, 0.05) is 0 Å². The Morgan fingerprint density at radius 1 is 1.12 bits per heavy atom. The summed E-state index contributed by atoms with van der Waals surface area (Å²) in [6.45, 7) is 0.665. The van der Waals surface area contributed by atoms with Gasteiger partial charge in [0.1, 0.15) is 5.78 Å². The van der Waals surface area contributed by atoms with Crippen LogP contribution in [0.5, 0.6) is 0 Å². The molecule has 136 valence electrons. The molecule has 10 heteroatoms. The molecule has 2 aromatic rings. The summed E-state index contributed by atoms with van der Waals surface area (Å²) in [6, 6.07) is 5.96. The van der Waals surface area contributed by atoms with Gasteiger partial charge in [-0.1, -0.05) is 40.9 Å². The first-order chi connectivity index (χ1) is 12.2. The smallest absolute Gasteiger partial charge is 0.353 e. The average molecular weight is 417 g/mol. The summed E-state index contributed by atoms with van der Waals surface area (Å²) < 4.78 is 0.513. The highest BCUT2D eigenvalue weighted by atomic mass is 35.5. The zero-order valence-corrected chi connectivity index (χ0v) is 15.6. The number of halogens is 3. The lowest BCUT2D eigenvalue weighted by molar-refractivity contribution is -0.117. The molecule has 1 heterocycles. The van der Waals surface area contributed by atoms with Crippen LogP contribution in [0.4, 0.5) is 4.79 Å². The van der Waals surface area contributed by atoms with Crippen LogP contribution >= 0.6 is 34.8 Å². The van der Waals surface area contributed by atoms with Gasteiger partial charge in [0.15, 0.2) is 5.49 Å². The third-order valence-electron chi connectivity index (χ3n) is 3.12. The number of Topliss-reactive ketones (excluding diaryl/α,β-unsaturated/α-hetero) is 1. The van der Waals surface area contributed by atoms with Crippen LogP contribution < -0.4 is 5.49 Å². The number of amides is 3. The van der Waals surface area contributed by atoms with Crippen molar-refractivity contribution in [3.8, 4) is 0 Å². The fourth-order valence-corrected chi connectivity index (χ4v) is 2.70. The van der Waals surface area contributed by atoms with Crippen LogP contribution in [0.3, 0.4) is 0 Å². The van der Waals surface area contributed by atoms with Crippen LogP contribution in [0.25, 0.3) is 0 Å². The molecule has 1 aromatic heterocycles. The number of carbonyl (C=O) groups is 3. The van der Waals surface area contributed by atoms with Gasteiger partial charge < -0.3 is 5.21 Å². The maximum atomic E-state index is 12.7. The van der Waals surface area contributed by atoms with E-state index in [0.29, 0.717) is 9.63 Å². The molecule has 7 nitrogen and oxygen atoms in total. The molecule has 0 aliphatic rings. The third kappa shape index (κ3) is 4.63. The number of ketones is 1. The highest BCUT2D eigenvalue weighted by Crippen LogP contribution is 2.26. The van der Waals surface area contributed by atoms with E-state index in [1.165, 1.54) is 37.3 Å². The van der Waals surface area contributed by atoms with Gasteiger partial charge in [-0.2, -0.15) is 9.72 Å². The standard InChI is InChI=1S/C16H12Cl3N3O4/c1-9(23)7-21(15(24)14-11(18)3-2-4-12(14)19)16(25)20-13-6-5-10(17)8-22(13)26/h2-6,8,26H,7H2,1H3. The number of rotatable bonds is 3. The number of urea groups is 1. The van der Waals surface area contributed by atoms with Gasteiger partial charge in [-0.3, -0.25) is 14.5 Å². The molecule has 1 aromatic carbocycles. The summed E-state index contributed by atoms with van der Waals surface area (Å²) >= 11 is 17.7. The molecule has 0 bridgehead atoms. The molecule has 0 atom stereocenters. The fraction of sp³-hybridized carbons (Fsp3) is 0.125. The Bertz CT molecular complexity index is 936. The van der Waals surface area contributed by atoms with Gasteiger partial charge in [0.05, 0.1) is 33.4 Å². The molecule has 0 saturated heterocycles. The number of imide groups is 1. The molecule has 0 spiro atoms. The van der Waals surface area contributed by atoms with Crippen LogP contribution in [-0.2, 0) is 4.79 Å². The van der Waals surface area contributed by atoms with E-state index in [9.17, 15) is 19.6 Å². The van der Waals surface area contributed by atoms with Crippen molar-refractivity contribution in [1.29, 1.82) is 0 Å². The average Bonchev–Trinajstić information content (AvgIpc) is 2.54. The van der Waals surface area contributed by atoms with Crippen LogP contribution in [0.2, 0.25) is 15.1 Å². The van der Waals surface area contributed by atoms with Gasteiger partial charge in [0.2, 0.25) is 0 Å². The number of pyridine rings is 1. The fourth-order valence-electron chi connectivity index (χ4n) is 1.99. The van der Waals surface area contributed by atoms with E-state index in [0.717, 1.165) is 6.20 Å². The lowest BCUT2D eigenvalue weighted by atomic mass is 10.2. The first-order valence-electron chi connectivity index (χ1n) is 7.12. The predicted molar refractivity (Wildman–Crippen MR) is 95.8 cm³/mol. The van der Waals surface area contributed by atoms with E-state index >= 15 is 0 Å². The Morgan fingerprint density at radius 3 is 2.27 bits per heavy atom. The number of nitrogens with zero attached hydrogens (tertiary/aromatic N) is 3. The van der Waals surface area contributed by atoms with E-state index < -0.39 is 24.3 Å². The van der Waals surface area contributed by atoms with Crippen molar-refractivity contribution < 1.29 is 19.6 Å². The summed E-state index contributed by atoms with van der Waals surface area (Å²) in [5.74, 6) is -1.35. The van der Waals surface area contributed by atoms with Crippen LogP contribution in [0.1, 0.15) is 17.3 Å². The first kappa shape index (κ1) is 20.0. The third-order valence-corrected chi connectivity index (χ3v) is 3.97. The van der Waals surface area contributed by atoms with Crippen molar-refractivity contribution in [3.63, 3.8) is 0 Å². The predicted octanol–water partition coefficient (Wildman–Crippen LogP) is 3.44. The molecule has 1 N–H and O–H groups in total. The SMILES string of the molecule is CC(=O)CN(C(=O)N=c1ccc(Cl)cn1O)C(=O)c1c(Cl)cccc1Cl. The number of benzene rings is 1. The van der Waals surface area contributed by atoms with Crippen LogP contribution in [0.15, 0.2) is 41.5 Å². The molecule has 0 unspecified atom stereocenters. The maximum Gasteiger partial charge on any atom is 0.353 e. The van der Waals surface area contributed by atoms with Gasteiger partial charge in [0.25, 0.3) is 5.91 Å². The Labute approximate surface area is 163 Å². The zero-order chi connectivity index (χ0) is 19.4. The molecular formula is C16H12Cl3N3O4. The molecule has 2 rings (SSSR count). The molecule has 26 heavy (non-hydrogen) atoms. The van der Waals surface area contributed by atoms with Gasteiger partial charge in [-0.05, 0) is 31.2 Å². The lowest BCUT2D eigenvalue weighted by Gasteiger charge is -2.18. The van der Waals surface area contributed by atoms with Gasteiger partial charge in [-0.25, -0.2) is 4.79 Å². The Hall–Kier alpha value is -2.35. The largest absolute Gasteiger partial charge is 0.427 e. The monoisotopic (exact) mass is 415 g/mol. The highest BCUT2D eigenvalue weighted by molar-refractivity contribution is 6.40. The van der Waals surface area contributed by atoms with E-state index in [2.05, 4.69) is 4.99 Å². The van der Waals surface area contributed by atoms with Crippen LogP contribution in [0, 0.1) is 0 Å². The first-order valence-corrected chi connectivity index (χ1v) is 8.25. The quantitative estimate of drug-likeness (QED) is 0.776. The summed E-state index contributed by atoms with van der Waals surface area (Å²) in [7, 11) is 0. The molecule has 0 radical (unpaired) electrons. The molecule has 3 amide bonds. The minimum absolute atomic E-state index is 0.0209. The van der Waals surface area contributed by atoms with Crippen LogP contribution in [-0.4, -0.2) is 39.1 Å². The van der Waals surface area contributed by atoms with E-state index in [1.807, 2.05) is 0 Å². The normalized spacial score (nSPS) is 11.3. The summed E-state index contributed by atoms with van der Waals surface area (Å²) in [5, 5.41) is 9.97. The van der Waals surface area contributed by atoms with Gasteiger partial charge >= 0.3 is 6.03 Å². The van der Waals surface area contributed by atoms with Crippen molar-refractivity contribution >= 4 is 52.5 Å². The topological polar surface area (TPSA) is 92.0 Å². The lowest BCUT2D eigenvalue weighted by Crippen LogP contribution is -2.40. The number of carbonyl (C=O) groups excluding carboxylic acids is 3. The van der Waals surface area contributed by atoms with E-state index in [4.69, 9.17) is 34.8 Å². The van der Waals surface area contributed by atoms with Crippen molar-refractivity contribution in [2.24, 2.45) is 4.99 Å². The number of aromatic nitrogens is 1. The molecular weight excluding hydrogens is 405 g/mol. The minimum atomic E-state index is -1.08. The molecule has 0 saturated carbocycles. The van der Waals surface area contributed by atoms with E-state index in [-0.39, 0.29) is 26.1 Å². The molecule has 0 fully saturated rings. The zero-order valence-electron chi connectivity index (χ0n) is 13.3. The number of hydrogen-bond donors (Lipinski definition) is 1.